The molecule has 0 saturated heterocycles. The summed E-state index contributed by atoms with van der Waals surface area (Å²) in [4.78, 5) is 1.47. The van der Waals surface area contributed by atoms with Gasteiger partial charge >= 0.3 is 0 Å². The normalized spacial score (nSPS) is 12.7. The van der Waals surface area contributed by atoms with Crippen molar-refractivity contribution >= 4 is 22.6 Å². The minimum atomic E-state index is -1.95. The molecule has 132 valence electrons. The molecule has 3 aromatic rings. The molecular formula is C19H22ClN3O2. The zero-order valence-corrected chi connectivity index (χ0v) is 15.3. The molecule has 1 heterocycles. The average molecular weight is 360 g/mol. The van der Waals surface area contributed by atoms with E-state index in [9.17, 15) is 10.2 Å². The van der Waals surface area contributed by atoms with Crippen molar-refractivity contribution < 1.29 is 10.2 Å². The van der Waals surface area contributed by atoms with Crippen molar-refractivity contribution in [1.29, 1.82) is 0 Å². The molecule has 0 aliphatic rings. The second kappa shape index (κ2) is 6.41. The van der Waals surface area contributed by atoms with E-state index in [2.05, 4.69) is 31.0 Å². The summed E-state index contributed by atoms with van der Waals surface area (Å²) in [6.45, 7) is 6.55. The Hall–Kier alpha value is -1.95. The molecule has 0 aliphatic heterocycles. The van der Waals surface area contributed by atoms with E-state index in [-0.39, 0.29) is 18.4 Å². The van der Waals surface area contributed by atoms with Gasteiger partial charge in [-0.15, -0.1) is 0 Å². The maximum atomic E-state index is 10.5. The lowest BCUT2D eigenvalue weighted by molar-refractivity contribution is -0.177. The second-order valence-corrected chi connectivity index (χ2v) is 7.76. The monoisotopic (exact) mass is 359 g/mol. The molecule has 0 spiro atoms. The molecule has 0 fully saturated rings. The van der Waals surface area contributed by atoms with Crippen LogP contribution in [0.1, 0.15) is 38.3 Å². The SMILES string of the molecule is CC(C)(C)c1cccc(C(O)(O)CCn2nc3ccc(Cl)cc3n2)c1. The smallest absolute Gasteiger partial charge is 0.191 e. The molecule has 0 amide bonds. The van der Waals surface area contributed by atoms with Gasteiger partial charge in [-0.1, -0.05) is 50.6 Å². The third kappa shape index (κ3) is 4.00. The molecule has 5 nitrogen and oxygen atoms in total. The maximum Gasteiger partial charge on any atom is 0.191 e. The number of halogens is 1. The summed E-state index contributed by atoms with van der Waals surface area (Å²) in [6, 6.07) is 12.7. The minimum Gasteiger partial charge on any atom is -0.362 e. The fraction of sp³-hybridized carbons (Fsp3) is 0.368. The summed E-state index contributed by atoms with van der Waals surface area (Å²) < 4.78 is 0. The topological polar surface area (TPSA) is 71.2 Å². The van der Waals surface area contributed by atoms with E-state index in [1.54, 1.807) is 24.3 Å². The molecule has 1 aromatic heterocycles. The minimum absolute atomic E-state index is 0.0629. The van der Waals surface area contributed by atoms with Crippen molar-refractivity contribution in [3.8, 4) is 0 Å². The summed E-state index contributed by atoms with van der Waals surface area (Å²) in [7, 11) is 0. The van der Waals surface area contributed by atoms with Gasteiger partial charge in [-0.25, -0.2) is 0 Å². The van der Waals surface area contributed by atoms with Gasteiger partial charge in [-0.3, -0.25) is 0 Å². The van der Waals surface area contributed by atoms with Crippen LogP contribution in [0.4, 0.5) is 0 Å². The van der Waals surface area contributed by atoms with Crippen LogP contribution in [-0.2, 0) is 17.7 Å². The molecule has 2 N–H and O–H groups in total. The molecule has 6 heteroatoms. The molecule has 25 heavy (non-hydrogen) atoms. The molecule has 0 atom stereocenters. The first-order chi connectivity index (χ1) is 11.6. The number of fused-ring (bicyclic) bond motifs is 1. The van der Waals surface area contributed by atoms with E-state index < -0.39 is 5.79 Å². The van der Waals surface area contributed by atoms with Gasteiger partial charge in [0.15, 0.2) is 5.79 Å². The van der Waals surface area contributed by atoms with Crippen LogP contribution in [0, 0.1) is 0 Å². The quantitative estimate of drug-likeness (QED) is 0.698. The van der Waals surface area contributed by atoms with Crippen molar-refractivity contribution in [2.24, 2.45) is 0 Å². The van der Waals surface area contributed by atoms with Crippen LogP contribution in [-0.4, -0.2) is 25.2 Å². The predicted molar refractivity (Wildman–Crippen MR) is 98.4 cm³/mol. The van der Waals surface area contributed by atoms with Crippen LogP contribution in [0.2, 0.25) is 5.02 Å². The second-order valence-electron chi connectivity index (χ2n) is 7.33. The Labute approximate surface area is 151 Å². The number of rotatable bonds is 4. The van der Waals surface area contributed by atoms with E-state index in [4.69, 9.17) is 11.6 Å². The zero-order chi connectivity index (χ0) is 18.2. The van der Waals surface area contributed by atoms with Crippen molar-refractivity contribution in [3.05, 3.63) is 58.6 Å². The van der Waals surface area contributed by atoms with E-state index >= 15 is 0 Å². The number of hydrogen-bond acceptors (Lipinski definition) is 4. The van der Waals surface area contributed by atoms with Crippen LogP contribution in [0.5, 0.6) is 0 Å². The Morgan fingerprint density at radius 1 is 0.960 bits per heavy atom. The van der Waals surface area contributed by atoms with Gasteiger partial charge in [0.2, 0.25) is 0 Å². The summed E-state index contributed by atoms with van der Waals surface area (Å²) in [6.07, 6.45) is 0.0787. The Morgan fingerprint density at radius 2 is 1.64 bits per heavy atom. The zero-order valence-electron chi connectivity index (χ0n) is 14.6. The van der Waals surface area contributed by atoms with E-state index in [1.807, 2.05) is 18.2 Å². The predicted octanol–water partition coefficient (Wildman–Crippen LogP) is 3.61. The lowest BCUT2D eigenvalue weighted by atomic mass is 9.85. The Balaban J connectivity index is 1.78. The molecule has 0 bridgehead atoms. The highest BCUT2D eigenvalue weighted by molar-refractivity contribution is 6.31. The molecule has 2 aromatic carbocycles. The summed E-state index contributed by atoms with van der Waals surface area (Å²) in [5, 5.41) is 30.3. The molecule has 0 aliphatic carbocycles. The molecule has 0 saturated carbocycles. The highest BCUT2D eigenvalue weighted by atomic mass is 35.5. The number of aromatic nitrogens is 3. The third-order valence-corrected chi connectivity index (χ3v) is 4.47. The number of benzene rings is 2. The first kappa shape index (κ1) is 17.9. The van der Waals surface area contributed by atoms with Crippen molar-refractivity contribution in [2.45, 2.75) is 44.9 Å². The highest BCUT2D eigenvalue weighted by Crippen LogP contribution is 2.28. The van der Waals surface area contributed by atoms with Gasteiger partial charge in [0.05, 0.1) is 6.54 Å². The number of aliphatic hydroxyl groups is 2. The fourth-order valence-electron chi connectivity index (χ4n) is 2.67. The van der Waals surface area contributed by atoms with Gasteiger partial charge in [-0.2, -0.15) is 15.0 Å². The lowest BCUT2D eigenvalue weighted by Crippen LogP contribution is -2.28. The summed E-state index contributed by atoms with van der Waals surface area (Å²) in [5.74, 6) is -1.95. The van der Waals surface area contributed by atoms with Gasteiger partial charge in [0.1, 0.15) is 11.0 Å². The summed E-state index contributed by atoms with van der Waals surface area (Å²) >= 11 is 5.95. The highest BCUT2D eigenvalue weighted by Gasteiger charge is 2.27. The Morgan fingerprint density at radius 3 is 2.36 bits per heavy atom. The molecular weight excluding hydrogens is 338 g/mol. The van der Waals surface area contributed by atoms with Gasteiger partial charge < -0.3 is 10.2 Å². The van der Waals surface area contributed by atoms with Gasteiger partial charge in [0, 0.05) is 17.0 Å². The van der Waals surface area contributed by atoms with Crippen molar-refractivity contribution in [3.63, 3.8) is 0 Å². The van der Waals surface area contributed by atoms with Gasteiger partial charge in [0.25, 0.3) is 0 Å². The van der Waals surface area contributed by atoms with E-state index in [1.165, 1.54) is 4.80 Å². The van der Waals surface area contributed by atoms with Crippen LogP contribution in [0.25, 0.3) is 11.0 Å². The maximum absolute atomic E-state index is 10.5. The summed E-state index contributed by atoms with van der Waals surface area (Å²) in [5.41, 5.74) is 2.87. The average Bonchev–Trinajstić information content (AvgIpc) is 2.94. The molecule has 0 radical (unpaired) electrons. The fourth-order valence-corrected chi connectivity index (χ4v) is 2.83. The Bertz CT molecular complexity index is 897. The van der Waals surface area contributed by atoms with Gasteiger partial charge in [-0.05, 0) is 35.2 Å². The van der Waals surface area contributed by atoms with Crippen LogP contribution in [0.3, 0.4) is 0 Å². The van der Waals surface area contributed by atoms with Crippen molar-refractivity contribution in [1.82, 2.24) is 15.0 Å². The standard InChI is InChI=1S/C19H22ClN3O2/c1-18(2,3)13-5-4-6-14(11-13)19(24,25)9-10-23-21-16-8-7-15(20)12-17(16)22-23/h4-8,11-12,24-25H,9-10H2,1-3H3. The van der Waals surface area contributed by atoms with Crippen molar-refractivity contribution in [2.75, 3.05) is 0 Å². The Kier molecular flexibility index (Phi) is 4.58. The number of hydrogen-bond donors (Lipinski definition) is 2. The largest absolute Gasteiger partial charge is 0.362 e. The molecule has 0 unspecified atom stereocenters. The third-order valence-electron chi connectivity index (χ3n) is 4.24. The first-order valence-electron chi connectivity index (χ1n) is 8.21. The lowest BCUT2D eigenvalue weighted by Gasteiger charge is -2.25. The number of nitrogens with zero attached hydrogens (tertiary/aromatic N) is 3. The number of aryl methyl sites for hydroxylation is 1. The van der Waals surface area contributed by atoms with Crippen LogP contribution >= 0.6 is 11.6 Å². The first-order valence-corrected chi connectivity index (χ1v) is 8.59. The van der Waals surface area contributed by atoms with Crippen LogP contribution < -0.4 is 0 Å². The van der Waals surface area contributed by atoms with Crippen LogP contribution in [0.15, 0.2) is 42.5 Å². The molecule has 3 rings (SSSR count). The van der Waals surface area contributed by atoms with E-state index in [0.717, 1.165) is 11.1 Å². The van der Waals surface area contributed by atoms with E-state index in [0.29, 0.717) is 16.1 Å².